The standard InChI is InChI=1S/C45H71N5O10/c1-14-26(4)37-43(56)49(12)32(10)45(58)59-38(27(5)15-2)30(8)35(51)23-22-29(7)44(57)60-39(28(6)16-3)40(53)46-31(9)41(54)50(13)34(24-33-20-18-17-19-21-33)42(55)48(11)25-36(52)47-37/h17-22,26-28,30-32,34-35,37-39,51H,14-16,23-25H2,1-13H3,(H,46,53)(H,47,52)/b29-22+/t26-,27-,28+,30+,31+,32+,34-,35+,37+,38-,39-/m1/s1. The van der Waals surface area contributed by atoms with Crippen LogP contribution >= 0.6 is 0 Å². The molecule has 0 bridgehead atoms. The van der Waals surface area contributed by atoms with Crippen LogP contribution in [0.2, 0.25) is 0 Å². The highest BCUT2D eigenvalue weighted by Crippen LogP contribution is 2.26. The summed E-state index contributed by atoms with van der Waals surface area (Å²) in [7, 11) is 4.33. The summed E-state index contributed by atoms with van der Waals surface area (Å²) < 4.78 is 11.8. The third-order valence-electron chi connectivity index (χ3n) is 12.1. The van der Waals surface area contributed by atoms with Crippen molar-refractivity contribution in [1.82, 2.24) is 25.3 Å². The van der Waals surface area contributed by atoms with Gasteiger partial charge < -0.3 is 39.9 Å². The number of benzene rings is 1. The van der Waals surface area contributed by atoms with Crippen LogP contribution in [0.1, 0.15) is 100 Å². The molecule has 5 amide bonds. The molecule has 15 heteroatoms. The fourth-order valence-electron chi connectivity index (χ4n) is 6.93. The largest absolute Gasteiger partial charge is 0.460 e. The topological polar surface area (TPSA) is 192 Å². The molecule has 60 heavy (non-hydrogen) atoms. The summed E-state index contributed by atoms with van der Waals surface area (Å²) in [6, 6.07) is 4.67. The molecule has 0 saturated heterocycles. The highest BCUT2D eigenvalue weighted by atomic mass is 16.6. The van der Waals surface area contributed by atoms with E-state index in [9.17, 15) is 38.7 Å². The van der Waals surface area contributed by atoms with E-state index in [0.717, 1.165) is 5.56 Å². The summed E-state index contributed by atoms with van der Waals surface area (Å²) in [6.07, 6.45) is 0.128. The van der Waals surface area contributed by atoms with Crippen LogP contribution in [0.3, 0.4) is 0 Å². The van der Waals surface area contributed by atoms with E-state index in [0.29, 0.717) is 19.3 Å². The fraction of sp³-hybridized carbons (Fsp3) is 0.667. The second-order valence-corrected chi connectivity index (χ2v) is 16.7. The molecule has 0 aliphatic carbocycles. The predicted molar refractivity (Wildman–Crippen MR) is 228 cm³/mol. The number of cyclic esters (lactones) is 2. The van der Waals surface area contributed by atoms with Gasteiger partial charge in [-0.05, 0) is 51.0 Å². The number of hydrogen-bond donors (Lipinski definition) is 3. The zero-order valence-electron chi connectivity index (χ0n) is 38.0. The van der Waals surface area contributed by atoms with Gasteiger partial charge in [0, 0.05) is 45.0 Å². The van der Waals surface area contributed by atoms with Crippen LogP contribution in [0.25, 0.3) is 0 Å². The van der Waals surface area contributed by atoms with Crippen molar-refractivity contribution in [3.63, 3.8) is 0 Å². The van der Waals surface area contributed by atoms with Gasteiger partial charge >= 0.3 is 11.9 Å². The first-order valence-electron chi connectivity index (χ1n) is 21.3. The minimum atomic E-state index is -1.26. The van der Waals surface area contributed by atoms with Crippen molar-refractivity contribution in [2.24, 2.45) is 23.7 Å². The summed E-state index contributed by atoms with van der Waals surface area (Å²) in [5.74, 6) is -6.06. The van der Waals surface area contributed by atoms with Crippen molar-refractivity contribution >= 4 is 41.5 Å². The van der Waals surface area contributed by atoms with E-state index < -0.39 is 102 Å². The molecule has 1 aromatic carbocycles. The summed E-state index contributed by atoms with van der Waals surface area (Å²) in [5, 5.41) is 16.8. The van der Waals surface area contributed by atoms with Crippen LogP contribution < -0.4 is 10.6 Å². The second kappa shape index (κ2) is 23.9. The number of rotatable bonds is 8. The Morgan fingerprint density at radius 1 is 0.767 bits per heavy atom. The van der Waals surface area contributed by atoms with E-state index in [1.165, 1.54) is 62.7 Å². The molecule has 0 spiro atoms. The Morgan fingerprint density at radius 3 is 1.92 bits per heavy atom. The Bertz CT molecular complexity index is 1670. The molecule has 336 valence electrons. The Hall–Kier alpha value is -4.79. The molecule has 1 aliphatic heterocycles. The molecular weight excluding hydrogens is 771 g/mol. The number of aliphatic hydroxyl groups is 1. The van der Waals surface area contributed by atoms with Gasteiger partial charge in [0.2, 0.25) is 23.6 Å². The molecule has 1 aliphatic rings. The van der Waals surface area contributed by atoms with E-state index >= 15 is 0 Å². The number of amides is 5. The number of carbonyl (C=O) groups is 7. The Kier molecular flexibility index (Phi) is 20.4. The fourth-order valence-corrected chi connectivity index (χ4v) is 6.93. The Morgan fingerprint density at radius 2 is 1.35 bits per heavy atom. The lowest BCUT2D eigenvalue weighted by atomic mass is 9.86. The van der Waals surface area contributed by atoms with E-state index in [1.54, 1.807) is 32.9 Å². The lowest BCUT2D eigenvalue weighted by Crippen LogP contribution is -2.58. The molecular formula is C45H71N5O10. The van der Waals surface area contributed by atoms with Crippen LogP contribution in [-0.4, -0.2) is 131 Å². The molecule has 1 aromatic rings. The molecule has 3 N–H and O–H groups in total. The van der Waals surface area contributed by atoms with Crippen LogP contribution in [0.5, 0.6) is 0 Å². The van der Waals surface area contributed by atoms with Gasteiger partial charge in [-0.1, -0.05) is 97.7 Å². The molecule has 15 nitrogen and oxygen atoms in total. The van der Waals surface area contributed by atoms with E-state index in [4.69, 9.17) is 9.47 Å². The van der Waals surface area contributed by atoms with Crippen molar-refractivity contribution in [2.75, 3.05) is 27.7 Å². The number of likely N-dealkylation sites (N-methyl/N-ethyl adjacent to an activating group) is 3. The zero-order chi connectivity index (χ0) is 45.6. The van der Waals surface area contributed by atoms with Crippen LogP contribution in [0.4, 0.5) is 0 Å². The van der Waals surface area contributed by atoms with Crippen molar-refractivity contribution in [3.8, 4) is 0 Å². The minimum absolute atomic E-state index is 0.00688. The van der Waals surface area contributed by atoms with Gasteiger partial charge in [0.05, 0.1) is 12.6 Å². The summed E-state index contributed by atoms with van der Waals surface area (Å²) in [4.78, 5) is 100. The third kappa shape index (κ3) is 13.9. The lowest BCUT2D eigenvalue weighted by Gasteiger charge is -2.35. The zero-order valence-corrected chi connectivity index (χ0v) is 38.0. The van der Waals surface area contributed by atoms with Gasteiger partial charge in [0.15, 0.2) is 6.10 Å². The summed E-state index contributed by atoms with van der Waals surface area (Å²) in [6.45, 7) is 16.9. The maximum Gasteiger partial charge on any atom is 0.334 e. The molecule has 0 fully saturated rings. The number of nitrogens with one attached hydrogen (secondary N) is 2. The van der Waals surface area contributed by atoms with E-state index in [-0.39, 0.29) is 30.3 Å². The molecule has 2 rings (SSSR count). The van der Waals surface area contributed by atoms with Gasteiger partial charge in [-0.15, -0.1) is 0 Å². The second-order valence-electron chi connectivity index (χ2n) is 16.7. The molecule has 0 unspecified atom stereocenters. The van der Waals surface area contributed by atoms with E-state index in [2.05, 4.69) is 10.6 Å². The molecule has 1 heterocycles. The van der Waals surface area contributed by atoms with Gasteiger partial charge in [0.25, 0.3) is 5.91 Å². The van der Waals surface area contributed by atoms with Gasteiger partial charge in [-0.3, -0.25) is 24.0 Å². The maximum absolute atomic E-state index is 14.2. The third-order valence-corrected chi connectivity index (χ3v) is 12.1. The van der Waals surface area contributed by atoms with Gasteiger partial charge in [-0.2, -0.15) is 0 Å². The summed E-state index contributed by atoms with van der Waals surface area (Å²) in [5.41, 5.74) is 0.889. The SMILES string of the molecule is CC[C@@H](C)[C@H]1OC(=O)[C@H](C)N(C)C(=O)[C@H]([C@H](C)CC)NC(=O)CN(C)C(=O)[C@@H](Cc2ccccc2)N(C)C(=O)[C@H](C)NC(=O)[C@@H]([C@@H](C)CC)OC(=O)/C(C)=C/C[C@H](O)[C@@H]1C. The first kappa shape index (κ1) is 51.4. The number of ether oxygens (including phenoxy) is 2. The highest BCUT2D eigenvalue weighted by molar-refractivity contribution is 5.96. The normalized spacial score (nSPS) is 29.4. The number of aliphatic hydroxyl groups excluding tert-OH is 1. The maximum atomic E-state index is 14.2. The quantitative estimate of drug-likeness (QED) is 0.326. The predicted octanol–water partition coefficient (Wildman–Crippen LogP) is 3.66. The average Bonchev–Trinajstić information content (AvgIpc) is 3.24. The summed E-state index contributed by atoms with van der Waals surface area (Å²) >= 11 is 0. The van der Waals surface area contributed by atoms with Crippen molar-refractivity contribution in [1.29, 1.82) is 0 Å². The number of hydrogen-bond acceptors (Lipinski definition) is 10. The van der Waals surface area contributed by atoms with Crippen LogP contribution in [0.15, 0.2) is 42.0 Å². The minimum Gasteiger partial charge on any atom is -0.460 e. The number of nitrogens with zero attached hydrogens (tertiary/aromatic N) is 3. The van der Waals surface area contributed by atoms with Gasteiger partial charge in [0.1, 0.15) is 30.3 Å². The number of carbonyl (C=O) groups excluding carboxylic acids is 7. The molecule has 0 saturated carbocycles. The first-order valence-corrected chi connectivity index (χ1v) is 21.3. The Labute approximate surface area is 356 Å². The smallest absolute Gasteiger partial charge is 0.334 e. The number of esters is 2. The monoisotopic (exact) mass is 842 g/mol. The molecule has 0 aromatic heterocycles. The van der Waals surface area contributed by atoms with Crippen molar-refractivity contribution < 1.29 is 48.1 Å². The average molecular weight is 842 g/mol. The van der Waals surface area contributed by atoms with Gasteiger partial charge in [-0.25, -0.2) is 9.59 Å². The lowest BCUT2D eigenvalue weighted by molar-refractivity contribution is -0.166. The highest BCUT2D eigenvalue weighted by Gasteiger charge is 2.39. The molecule has 11 atom stereocenters. The molecule has 0 radical (unpaired) electrons. The first-order chi connectivity index (χ1) is 28.1. The van der Waals surface area contributed by atoms with Crippen LogP contribution in [-0.2, 0) is 49.5 Å². The van der Waals surface area contributed by atoms with Crippen molar-refractivity contribution in [2.45, 2.75) is 144 Å². The van der Waals surface area contributed by atoms with E-state index in [1.807, 2.05) is 45.9 Å². The van der Waals surface area contributed by atoms with Crippen molar-refractivity contribution in [3.05, 3.63) is 47.5 Å². The van der Waals surface area contributed by atoms with Crippen LogP contribution in [0, 0.1) is 23.7 Å². The Balaban J connectivity index is 2.66.